The molecule has 0 saturated heterocycles. The molecule has 0 radical (unpaired) electrons. The van der Waals surface area contributed by atoms with Gasteiger partial charge in [0.25, 0.3) is 0 Å². The monoisotopic (exact) mass is 189 g/mol. The summed E-state index contributed by atoms with van der Waals surface area (Å²) in [6.45, 7) is 10.2. The molecular weight excluding hydrogens is 166 g/mol. The molecule has 0 aliphatic rings. The van der Waals surface area contributed by atoms with Crippen molar-refractivity contribution in [3.05, 3.63) is 0 Å². The van der Waals surface area contributed by atoms with E-state index in [1.807, 2.05) is 11.8 Å². The van der Waals surface area contributed by atoms with Crippen molar-refractivity contribution in [1.29, 1.82) is 0 Å². The molecule has 0 aromatic carbocycles. The third kappa shape index (κ3) is 5.90. The smallest absolute Gasteiger partial charge is 0.00877 e. The summed E-state index contributed by atoms with van der Waals surface area (Å²) in [7, 11) is 0. The Labute approximate surface area is 81.7 Å². The molecule has 0 aliphatic carbocycles. The Hall–Kier alpha value is 0.310. The van der Waals surface area contributed by atoms with Crippen molar-refractivity contribution in [2.75, 3.05) is 18.1 Å². The average molecular weight is 189 g/mol. The maximum absolute atomic E-state index is 3.58. The number of hydrogen-bond donors (Lipinski definition) is 1. The molecule has 1 atom stereocenters. The van der Waals surface area contributed by atoms with Gasteiger partial charge in [-0.3, -0.25) is 0 Å². The summed E-state index contributed by atoms with van der Waals surface area (Å²) in [5, 5.41) is 3.58. The van der Waals surface area contributed by atoms with Crippen LogP contribution in [0.15, 0.2) is 0 Å². The molecule has 0 fully saturated rings. The minimum Gasteiger partial charge on any atom is -0.313 e. The van der Waals surface area contributed by atoms with Gasteiger partial charge in [-0.05, 0) is 18.1 Å². The van der Waals surface area contributed by atoms with Crippen molar-refractivity contribution in [1.82, 2.24) is 5.32 Å². The van der Waals surface area contributed by atoms with Crippen LogP contribution >= 0.6 is 11.8 Å². The van der Waals surface area contributed by atoms with Crippen LogP contribution in [0.4, 0.5) is 0 Å². The highest BCUT2D eigenvalue weighted by molar-refractivity contribution is 7.99. The van der Waals surface area contributed by atoms with Gasteiger partial charge in [-0.25, -0.2) is 0 Å². The molecule has 1 nitrogen and oxygen atoms in total. The van der Waals surface area contributed by atoms with E-state index >= 15 is 0 Å². The lowest BCUT2D eigenvalue weighted by Gasteiger charge is -2.20. The van der Waals surface area contributed by atoms with E-state index in [0.717, 1.165) is 12.5 Å². The fourth-order valence-corrected chi connectivity index (χ4v) is 1.86. The number of hydrogen-bond acceptors (Lipinski definition) is 2. The van der Waals surface area contributed by atoms with Gasteiger partial charge < -0.3 is 5.32 Å². The first-order valence-electron chi connectivity index (χ1n) is 5.03. The number of rotatable bonds is 7. The molecule has 0 aromatic heterocycles. The predicted octanol–water partition coefficient (Wildman–Crippen LogP) is 2.76. The molecule has 0 heterocycles. The Morgan fingerprint density at radius 1 is 1.25 bits per heavy atom. The Kier molecular flexibility index (Phi) is 8.14. The van der Waals surface area contributed by atoms with E-state index in [2.05, 4.69) is 33.0 Å². The lowest BCUT2D eigenvalue weighted by Crippen LogP contribution is -2.34. The SMILES string of the molecule is CCSCCNC(CC)C(C)C. The van der Waals surface area contributed by atoms with Gasteiger partial charge in [0.2, 0.25) is 0 Å². The molecule has 74 valence electrons. The van der Waals surface area contributed by atoms with Crippen LogP contribution < -0.4 is 5.32 Å². The summed E-state index contributed by atoms with van der Waals surface area (Å²) >= 11 is 2.01. The third-order valence-electron chi connectivity index (χ3n) is 2.10. The second-order valence-electron chi connectivity index (χ2n) is 3.41. The van der Waals surface area contributed by atoms with Gasteiger partial charge in [0.1, 0.15) is 0 Å². The molecule has 0 amide bonds. The standard InChI is InChI=1S/C10H23NS/c1-5-10(9(3)4)11-7-8-12-6-2/h9-11H,5-8H2,1-4H3. The van der Waals surface area contributed by atoms with E-state index in [-0.39, 0.29) is 0 Å². The number of thioether (sulfide) groups is 1. The fourth-order valence-electron chi connectivity index (χ4n) is 1.31. The third-order valence-corrected chi connectivity index (χ3v) is 3.00. The fraction of sp³-hybridized carbons (Fsp3) is 1.00. The molecule has 1 N–H and O–H groups in total. The van der Waals surface area contributed by atoms with Gasteiger partial charge in [0.05, 0.1) is 0 Å². The van der Waals surface area contributed by atoms with E-state index in [0.29, 0.717) is 6.04 Å². The first-order chi connectivity index (χ1) is 5.72. The van der Waals surface area contributed by atoms with Crippen molar-refractivity contribution in [3.8, 4) is 0 Å². The summed E-state index contributed by atoms with van der Waals surface area (Å²) < 4.78 is 0. The van der Waals surface area contributed by atoms with Crippen LogP contribution in [0.1, 0.15) is 34.1 Å². The van der Waals surface area contributed by atoms with E-state index in [1.54, 1.807) is 0 Å². The maximum atomic E-state index is 3.58. The highest BCUT2D eigenvalue weighted by Gasteiger charge is 2.08. The Bertz CT molecular complexity index is 93.8. The van der Waals surface area contributed by atoms with E-state index in [1.165, 1.54) is 17.9 Å². The highest BCUT2D eigenvalue weighted by Crippen LogP contribution is 2.05. The van der Waals surface area contributed by atoms with Crippen LogP contribution in [0.3, 0.4) is 0 Å². The van der Waals surface area contributed by atoms with Crippen molar-refractivity contribution < 1.29 is 0 Å². The first-order valence-corrected chi connectivity index (χ1v) is 6.18. The second-order valence-corrected chi connectivity index (χ2v) is 4.80. The van der Waals surface area contributed by atoms with Crippen molar-refractivity contribution in [2.24, 2.45) is 5.92 Å². The van der Waals surface area contributed by atoms with Gasteiger partial charge in [0.15, 0.2) is 0 Å². The summed E-state index contributed by atoms with van der Waals surface area (Å²) in [4.78, 5) is 0. The van der Waals surface area contributed by atoms with Gasteiger partial charge in [0, 0.05) is 18.3 Å². The maximum Gasteiger partial charge on any atom is 0.00877 e. The molecule has 0 aliphatic heterocycles. The van der Waals surface area contributed by atoms with Crippen LogP contribution in [0.25, 0.3) is 0 Å². The molecule has 2 heteroatoms. The first kappa shape index (κ1) is 12.3. The van der Waals surface area contributed by atoms with Gasteiger partial charge in [-0.1, -0.05) is 27.7 Å². The van der Waals surface area contributed by atoms with Crippen LogP contribution in [-0.2, 0) is 0 Å². The minimum atomic E-state index is 0.711. The Morgan fingerprint density at radius 3 is 2.33 bits per heavy atom. The van der Waals surface area contributed by atoms with Crippen molar-refractivity contribution >= 4 is 11.8 Å². The second kappa shape index (κ2) is 7.93. The molecule has 0 bridgehead atoms. The predicted molar refractivity (Wildman–Crippen MR) is 59.9 cm³/mol. The minimum absolute atomic E-state index is 0.711. The quantitative estimate of drug-likeness (QED) is 0.618. The molecular formula is C10H23NS. The van der Waals surface area contributed by atoms with Crippen molar-refractivity contribution in [3.63, 3.8) is 0 Å². The van der Waals surface area contributed by atoms with E-state index < -0.39 is 0 Å². The molecule has 0 spiro atoms. The van der Waals surface area contributed by atoms with E-state index in [9.17, 15) is 0 Å². The Balaban J connectivity index is 3.32. The molecule has 1 unspecified atom stereocenters. The largest absolute Gasteiger partial charge is 0.313 e. The van der Waals surface area contributed by atoms with Crippen LogP contribution in [0.2, 0.25) is 0 Å². The van der Waals surface area contributed by atoms with Gasteiger partial charge >= 0.3 is 0 Å². The van der Waals surface area contributed by atoms with Gasteiger partial charge in [-0.2, -0.15) is 11.8 Å². The van der Waals surface area contributed by atoms with Crippen LogP contribution in [0, 0.1) is 5.92 Å². The van der Waals surface area contributed by atoms with Crippen LogP contribution in [0.5, 0.6) is 0 Å². The lowest BCUT2D eigenvalue weighted by molar-refractivity contribution is 0.398. The molecule has 12 heavy (non-hydrogen) atoms. The zero-order valence-electron chi connectivity index (χ0n) is 8.89. The van der Waals surface area contributed by atoms with E-state index in [4.69, 9.17) is 0 Å². The summed E-state index contributed by atoms with van der Waals surface area (Å²) in [5.41, 5.74) is 0. The Morgan fingerprint density at radius 2 is 1.92 bits per heavy atom. The van der Waals surface area contributed by atoms with Crippen LogP contribution in [-0.4, -0.2) is 24.1 Å². The normalized spacial score (nSPS) is 13.8. The number of nitrogens with one attached hydrogen (secondary N) is 1. The van der Waals surface area contributed by atoms with Crippen molar-refractivity contribution in [2.45, 2.75) is 40.2 Å². The zero-order chi connectivity index (χ0) is 9.40. The molecule has 0 saturated carbocycles. The summed E-state index contributed by atoms with van der Waals surface area (Å²) in [5.74, 6) is 3.25. The lowest BCUT2D eigenvalue weighted by atomic mass is 10.0. The molecule has 0 rings (SSSR count). The zero-order valence-corrected chi connectivity index (χ0v) is 9.71. The molecule has 0 aromatic rings. The summed E-state index contributed by atoms with van der Waals surface area (Å²) in [6, 6.07) is 0.711. The topological polar surface area (TPSA) is 12.0 Å². The highest BCUT2D eigenvalue weighted by atomic mass is 32.2. The average Bonchev–Trinajstić information content (AvgIpc) is 2.04. The van der Waals surface area contributed by atoms with Gasteiger partial charge in [-0.15, -0.1) is 0 Å². The summed E-state index contributed by atoms with van der Waals surface area (Å²) in [6.07, 6.45) is 1.24.